The molecule has 0 amide bonds. The molecule has 1 N–H and O–H groups in total. The number of hydrogen-bond acceptors (Lipinski definition) is 3. The number of nitrogens with one attached hydrogen (secondary N) is 1. The summed E-state index contributed by atoms with van der Waals surface area (Å²) in [5.41, 5.74) is 4.02. The highest BCUT2D eigenvalue weighted by atomic mass is 15.2. The Labute approximate surface area is 108 Å². The van der Waals surface area contributed by atoms with Gasteiger partial charge in [0.2, 0.25) is 0 Å². The predicted octanol–water partition coefficient (Wildman–Crippen LogP) is 1.76. The third-order valence-electron chi connectivity index (χ3n) is 3.14. The maximum absolute atomic E-state index is 4.06. The molecule has 2 aromatic rings. The second-order valence-electron chi connectivity index (χ2n) is 4.71. The summed E-state index contributed by atoms with van der Waals surface area (Å²) in [6.07, 6.45) is 2.64. The van der Waals surface area contributed by atoms with Crippen molar-refractivity contribution in [1.82, 2.24) is 20.1 Å². The van der Waals surface area contributed by atoms with Crippen LogP contribution in [0.25, 0.3) is 0 Å². The molecule has 4 nitrogen and oxygen atoms in total. The highest BCUT2D eigenvalue weighted by Crippen LogP contribution is 2.09. The number of nitrogens with zero attached hydrogens (tertiary/aromatic N) is 3. The number of hydrogen-bond donors (Lipinski definition) is 1. The van der Waals surface area contributed by atoms with Gasteiger partial charge in [0.25, 0.3) is 0 Å². The average Bonchev–Trinajstić information content (AvgIpc) is 2.73. The molecular weight excluding hydrogens is 224 g/mol. The highest BCUT2D eigenvalue weighted by Gasteiger charge is 2.01. The quantitative estimate of drug-likeness (QED) is 0.815. The van der Waals surface area contributed by atoms with E-state index in [4.69, 9.17) is 0 Å². The molecule has 2 rings (SSSR count). The van der Waals surface area contributed by atoms with Gasteiger partial charge >= 0.3 is 0 Å². The molecule has 0 atom stereocenters. The van der Waals surface area contributed by atoms with Crippen LogP contribution in [-0.2, 0) is 20.0 Å². The van der Waals surface area contributed by atoms with E-state index in [1.165, 1.54) is 16.7 Å². The Balaban J connectivity index is 1.80. The summed E-state index contributed by atoms with van der Waals surface area (Å²) < 4.78 is 1.96. The van der Waals surface area contributed by atoms with Gasteiger partial charge in [-0.25, -0.2) is 0 Å². The Morgan fingerprint density at radius 2 is 2.11 bits per heavy atom. The molecule has 0 fully saturated rings. The van der Waals surface area contributed by atoms with E-state index in [2.05, 4.69) is 47.6 Å². The van der Waals surface area contributed by atoms with Gasteiger partial charge in [0.1, 0.15) is 12.2 Å². The van der Waals surface area contributed by atoms with Crippen molar-refractivity contribution in [3.8, 4) is 0 Å². The summed E-state index contributed by atoms with van der Waals surface area (Å²) in [7, 11) is 1.97. The summed E-state index contributed by atoms with van der Waals surface area (Å²) in [5.74, 6) is 1.02. The number of aromatic nitrogens is 3. The monoisotopic (exact) mass is 244 g/mol. The van der Waals surface area contributed by atoms with Crippen LogP contribution >= 0.6 is 0 Å². The first-order valence-electron chi connectivity index (χ1n) is 6.26. The smallest absolute Gasteiger partial charge is 0.133 e. The third kappa shape index (κ3) is 3.17. The molecular formula is C14H20N4. The molecule has 1 aromatic carbocycles. The maximum Gasteiger partial charge on any atom is 0.133 e. The van der Waals surface area contributed by atoms with Crippen LogP contribution in [0, 0.1) is 13.8 Å². The van der Waals surface area contributed by atoms with Crippen LogP contribution < -0.4 is 5.32 Å². The zero-order valence-electron chi connectivity index (χ0n) is 11.3. The van der Waals surface area contributed by atoms with Gasteiger partial charge in [0.15, 0.2) is 0 Å². The zero-order valence-corrected chi connectivity index (χ0v) is 11.3. The van der Waals surface area contributed by atoms with Crippen molar-refractivity contribution >= 4 is 0 Å². The topological polar surface area (TPSA) is 42.7 Å². The van der Waals surface area contributed by atoms with Gasteiger partial charge in [-0.1, -0.05) is 23.8 Å². The van der Waals surface area contributed by atoms with Gasteiger partial charge in [-0.05, 0) is 25.0 Å². The third-order valence-corrected chi connectivity index (χ3v) is 3.14. The van der Waals surface area contributed by atoms with Crippen LogP contribution in [0.15, 0.2) is 24.5 Å². The van der Waals surface area contributed by atoms with Gasteiger partial charge in [-0.3, -0.25) is 0 Å². The minimum atomic E-state index is 0.904. The van der Waals surface area contributed by atoms with Crippen molar-refractivity contribution < 1.29 is 0 Å². The molecule has 0 saturated carbocycles. The molecule has 0 radical (unpaired) electrons. The molecule has 0 bridgehead atoms. The first-order valence-corrected chi connectivity index (χ1v) is 6.26. The molecule has 0 aliphatic carbocycles. The first kappa shape index (κ1) is 12.8. The zero-order chi connectivity index (χ0) is 13.0. The first-order chi connectivity index (χ1) is 8.66. The van der Waals surface area contributed by atoms with Crippen LogP contribution in [0.5, 0.6) is 0 Å². The fourth-order valence-corrected chi connectivity index (χ4v) is 2.00. The number of aryl methyl sites for hydroxylation is 3. The van der Waals surface area contributed by atoms with E-state index >= 15 is 0 Å². The summed E-state index contributed by atoms with van der Waals surface area (Å²) in [4.78, 5) is 0. The van der Waals surface area contributed by atoms with Crippen molar-refractivity contribution in [2.45, 2.75) is 26.8 Å². The van der Waals surface area contributed by atoms with Crippen molar-refractivity contribution in [3.05, 3.63) is 47.0 Å². The SMILES string of the molecule is Cc1ccc(CNCCc2nncn2C)c(C)c1. The molecule has 1 aromatic heterocycles. The fourth-order valence-electron chi connectivity index (χ4n) is 2.00. The molecule has 0 aliphatic rings. The lowest BCUT2D eigenvalue weighted by molar-refractivity contribution is 0.652. The van der Waals surface area contributed by atoms with E-state index in [9.17, 15) is 0 Å². The number of benzene rings is 1. The lowest BCUT2D eigenvalue weighted by Gasteiger charge is -2.08. The maximum atomic E-state index is 4.06. The summed E-state index contributed by atoms with van der Waals surface area (Å²) in [6, 6.07) is 6.58. The Bertz CT molecular complexity index is 516. The second-order valence-corrected chi connectivity index (χ2v) is 4.71. The molecule has 96 valence electrons. The van der Waals surface area contributed by atoms with Crippen molar-refractivity contribution in [1.29, 1.82) is 0 Å². The van der Waals surface area contributed by atoms with Crippen LogP contribution in [-0.4, -0.2) is 21.3 Å². The average molecular weight is 244 g/mol. The van der Waals surface area contributed by atoms with Crippen molar-refractivity contribution in [3.63, 3.8) is 0 Å². The lowest BCUT2D eigenvalue weighted by Crippen LogP contribution is -2.18. The molecule has 0 spiro atoms. The number of rotatable bonds is 5. The van der Waals surface area contributed by atoms with E-state index in [-0.39, 0.29) is 0 Å². The normalized spacial score (nSPS) is 10.8. The van der Waals surface area contributed by atoms with E-state index in [1.54, 1.807) is 6.33 Å². The largest absolute Gasteiger partial charge is 0.321 e. The Hall–Kier alpha value is -1.68. The second kappa shape index (κ2) is 5.78. The molecule has 0 saturated heterocycles. The molecule has 1 heterocycles. The Morgan fingerprint density at radius 1 is 1.28 bits per heavy atom. The standard InChI is InChI=1S/C14H20N4/c1-11-4-5-13(12(2)8-11)9-15-7-6-14-17-16-10-18(14)3/h4-5,8,10,15H,6-7,9H2,1-3H3. The van der Waals surface area contributed by atoms with Crippen molar-refractivity contribution in [2.24, 2.45) is 7.05 Å². The molecule has 4 heteroatoms. The van der Waals surface area contributed by atoms with E-state index in [0.29, 0.717) is 0 Å². The fraction of sp³-hybridized carbons (Fsp3) is 0.429. The molecule has 0 unspecified atom stereocenters. The minimum absolute atomic E-state index is 0.904. The van der Waals surface area contributed by atoms with Crippen LogP contribution in [0.2, 0.25) is 0 Å². The summed E-state index contributed by atoms with van der Waals surface area (Å²) in [5, 5.41) is 11.4. The van der Waals surface area contributed by atoms with Gasteiger partial charge in [-0.15, -0.1) is 10.2 Å². The lowest BCUT2D eigenvalue weighted by atomic mass is 10.1. The van der Waals surface area contributed by atoms with Gasteiger partial charge in [0, 0.05) is 26.6 Å². The van der Waals surface area contributed by atoms with Crippen LogP contribution in [0.1, 0.15) is 22.5 Å². The minimum Gasteiger partial charge on any atom is -0.321 e. The summed E-state index contributed by atoms with van der Waals surface area (Å²) in [6.45, 7) is 6.11. The highest BCUT2D eigenvalue weighted by molar-refractivity contribution is 5.30. The van der Waals surface area contributed by atoms with Gasteiger partial charge in [-0.2, -0.15) is 0 Å². The van der Waals surface area contributed by atoms with Crippen LogP contribution in [0.4, 0.5) is 0 Å². The van der Waals surface area contributed by atoms with Gasteiger partial charge < -0.3 is 9.88 Å². The van der Waals surface area contributed by atoms with E-state index in [1.807, 2.05) is 11.6 Å². The van der Waals surface area contributed by atoms with E-state index < -0.39 is 0 Å². The van der Waals surface area contributed by atoms with E-state index in [0.717, 1.165) is 25.3 Å². The van der Waals surface area contributed by atoms with Gasteiger partial charge in [0.05, 0.1) is 0 Å². The Morgan fingerprint density at radius 3 is 2.78 bits per heavy atom. The van der Waals surface area contributed by atoms with Crippen LogP contribution in [0.3, 0.4) is 0 Å². The predicted molar refractivity (Wildman–Crippen MR) is 72.3 cm³/mol. The van der Waals surface area contributed by atoms with Crippen molar-refractivity contribution in [2.75, 3.05) is 6.54 Å². The molecule has 0 aliphatic heterocycles. The molecule has 18 heavy (non-hydrogen) atoms. The Kier molecular flexibility index (Phi) is 4.10. The summed E-state index contributed by atoms with van der Waals surface area (Å²) >= 11 is 0.